The molecule has 0 aromatic heterocycles. The number of rotatable bonds is 6. The summed E-state index contributed by atoms with van der Waals surface area (Å²) in [4.78, 5) is 11.8. The van der Waals surface area contributed by atoms with Crippen molar-refractivity contribution in [1.82, 2.24) is 5.32 Å². The average molecular weight is 270 g/mol. The second-order valence-electron chi connectivity index (χ2n) is 4.66. The topological polar surface area (TPSA) is 49.3 Å². The van der Waals surface area contributed by atoms with Crippen LogP contribution in [0.5, 0.6) is 5.75 Å². The van der Waals surface area contributed by atoms with Crippen molar-refractivity contribution in [2.75, 3.05) is 12.4 Å². The van der Waals surface area contributed by atoms with Crippen LogP contribution in [0.15, 0.2) is 18.2 Å². The van der Waals surface area contributed by atoms with Crippen LogP contribution in [0.25, 0.3) is 0 Å². The summed E-state index contributed by atoms with van der Waals surface area (Å²) in [5, 5.41) is 12.2. The number of amides is 1. The molecule has 1 atom stereocenters. The van der Waals surface area contributed by atoms with Crippen molar-refractivity contribution < 1.29 is 9.90 Å². The van der Waals surface area contributed by atoms with Gasteiger partial charge >= 0.3 is 0 Å². The van der Waals surface area contributed by atoms with Gasteiger partial charge in [0.1, 0.15) is 5.75 Å². The Hall–Kier alpha value is -1.22. The standard InChI is InChI=1S/C14H20ClNO2/c1-10(9-15)4-3-7-16-14(18)12-5-6-13(17)11(2)8-12/h5-6,8,10,17H,3-4,7,9H2,1-2H3,(H,16,18). The van der Waals surface area contributed by atoms with Gasteiger partial charge in [0.05, 0.1) is 0 Å². The number of phenols is 1. The minimum absolute atomic E-state index is 0.100. The molecular weight excluding hydrogens is 250 g/mol. The van der Waals surface area contributed by atoms with Gasteiger partial charge in [-0.3, -0.25) is 4.79 Å². The van der Waals surface area contributed by atoms with Gasteiger partial charge in [0.25, 0.3) is 5.91 Å². The second kappa shape index (κ2) is 7.27. The summed E-state index contributed by atoms with van der Waals surface area (Å²) in [5.41, 5.74) is 1.29. The third kappa shape index (κ3) is 4.57. The SMILES string of the molecule is Cc1cc(C(=O)NCCCC(C)CCl)ccc1O. The van der Waals surface area contributed by atoms with Crippen LogP contribution >= 0.6 is 11.6 Å². The molecule has 2 N–H and O–H groups in total. The minimum atomic E-state index is -0.100. The van der Waals surface area contributed by atoms with Gasteiger partial charge in [-0.25, -0.2) is 0 Å². The number of aryl methyl sites for hydroxylation is 1. The molecule has 1 unspecified atom stereocenters. The van der Waals surface area contributed by atoms with E-state index in [9.17, 15) is 9.90 Å². The summed E-state index contributed by atoms with van der Waals surface area (Å²) in [6.45, 7) is 4.52. The Bertz CT molecular complexity index is 407. The van der Waals surface area contributed by atoms with Crippen molar-refractivity contribution in [1.29, 1.82) is 0 Å². The van der Waals surface area contributed by atoms with Crippen LogP contribution < -0.4 is 5.32 Å². The van der Waals surface area contributed by atoms with E-state index in [0.29, 0.717) is 29.5 Å². The van der Waals surface area contributed by atoms with Gasteiger partial charge < -0.3 is 10.4 Å². The van der Waals surface area contributed by atoms with Crippen molar-refractivity contribution in [3.05, 3.63) is 29.3 Å². The van der Waals surface area contributed by atoms with Crippen LogP contribution in [-0.2, 0) is 0 Å². The zero-order valence-corrected chi connectivity index (χ0v) is 11.6. The largest absolute Gasteiger partial charge is 0.508 e. The van der Waals surface area contributed by atoms with E-state index in [1.54, 1.807) is 25.1 Å². The molecular formula is C14H20ClNO2. The lowest BCUT2D eigenvalue weighted by molar-refractivity contribution is 0.0952. The fraction of sp³-hybridized carbons (Fsp3) is 0.500. The lowest BCUT2D eigenvalue weighted by Crippen LogP contribution is -2.24. The quantitative estimate of drug-likeness (QED) is 0.616. The maximum absolute atomic E-state index is 11.8. The number of benzene rings is 1. The Morgan fingerprint density at radius 2 is 2.22 bits per heavy atom. The molecule has 0 aliphatic heterocycles. The zero-order valence-electron chi connectivity index (χ0n) is 10.9. The van der Waals surface area contributed by atoms with E-state index in [1.807, 2.05) is 0 Å². The van der Waals surface area contributed by atoms with E-state index < -0.39 is 0 Å². The van der Waals surface area contributed by atoms with E-state index in [1.165, 1.54) is 0 Å². The molecule has 0 saturated heterocycles. The Kier molecular flexibility index (Phi) is 5.99. The molecule has 18 heavy (non-hydrogen) atoms. The summed E-state index contributed by atoms with van der Waals surface area (Å²) >= 11 is 5.71. The first-order chi connectivity index (χ1) is 8.54. The first-order valence-electron chi connectivity index (χ1n) is 6.18. The number of halogens is 1. The lowest BCUT2D eigenvalue weighted by atomic mass is 10.1. The van der Waals surface area contributed by atoms with E-state index in [-0.39, 0.29) is 11.7 Å². The Morgan fingerprint density at radius 3 is 2.83 bits per heavy atom. The van der Waals surface area contributed by atoms with Crippen molar-refractivity contribution in [3.8, 4) is 5.75 Å². The molecule has 4 heteroatoms. The number of hydrogen-bond donors (Lipinski definition) is 2. The fourth-order valence-corrected chi connectivity index (χ4v) is 1.78. The summed E-state index contributed by atoms with van der Waals surface area (Å²) in [6, 6.07) is 4.85. The highest BCUT2D eigenvalue weighted by molar-refractivity contribution is 6.18. The van der Waals surface area contributed by atoms with Crippen molar-refractivity contribution in [2.24, 2.45) is 5.92 Å². The van der Waals surface area contributed by atoms with Crippen LogP contribution in [0.4, 0.5) is 0 Å². The van der Waals surface area contributed by atoms with Crippen LogP contribution in [0.1, 0.15) is 35.7 Å². The predicted molar refractivity (Wildman–Crippen MR) is 74.3 cm³/mol. The van der Waals surface area contributed by atoms with E-state index in [2.05, 4.69) is 12.2 Å². The Labute approximate surface area is 113 Å². The summed E-state index contributed by atoms with van der Waals surface area (Å²) in [5.74, 6) is 1.25. The first kappa shape index (κ1) is 14.8. The Morgan fingerprint density at radius 1 is 1.50 bits per heavy atom. The maximum atomic E-state index is 11.8. The summed E-state index contributed by atoms with van der Waals surface area (Å²) in [7, 11) is 0. The molecule has 1 amide bonds. The summed E-state index contributed by atoms with van der Waals surface area (Å²) in [6.07, 6.45) is 1.94. The molecule has 0 aliphatic rings. The van der Waals surface area contributed by atoms with Crippen molar-refractivity contribution >= 4 is 17.5 Å². The average Bonchev–Trinajstić information content (AvgIpc) is 2.37. The molecule has 1 rings (SSSR count). The second-order valence-corrected chi connectivity index (χ2v) is 4.97. The maximum Gasteiger partial charge on any atom is 0.251 e. The van der Waals surface area contributed by atoms with Gasteiger partial charge in [-0.15, -0.1) is 11.6 Å². The van der Waals surface area contributed by atoms with Gasteiger partial charge in [0.2, 0.25) is 0 Å². The molecule has 0 fully saturated rings. The highest BCUT2D eigenvalue weighted by Crippen LogP contribution is 2.16. The van der Waals surface area contributed by atoms with Crippen LogP contribution in [-0.4, -0.2) is 23.4 Å². The van der Waals surface area contributed by atoms with Gasteiger partial charge in [-0.2, -0.15) is 0 Å². The van der Waals surface area contributed by atoms with Crippen LogP contribution in [0.2, 0.25) is 0 Å². The number of phenolic OH excluding ortho intramolecular Hbond substituents is 1. The number of carbonyl (C=O) groups excluding carboxylic acids is 1. The molecule has 1 aromatic rings. The molecule has 1 aromatic carbocycles. The number of hydrogen-bond acceptors (Lipinski definition) is 2. The van der Waals surface area contributed by atoms with E-state index in [0.717, 1.165) is 12.8 Å². The Balaban J connectivity index is 2.39. The van der Waals surface area contributed by atoms with Gasteiger partial charge in [-0.05, 0) is 49.4 Å². The van der Waals surface area contributed by atoms with Gasteiger partial charge in [0.15, 0.2) is 0 Å². The smallest absolute Gasteiger partial charge is 0.251 e. The number of carbonyl (C=O) groups is 1. The fourth-order valence-electron chi connectivity index (χ4n) is 1.63. The third-order valence-electron chi connectivity index (χ3n) is 2.88. The highest BCUT2D eigenvalue weighted by atomic mass is 35.5. The van der Waals surface area contributed by atoms with Crippen molar-refractivity contribution in [2.45, 2.75) is 26.7 Å². The monoisotopic (exact) mass is 269 g/mol. The minimum Gasteiger partial charge on any atom is -0.508 e. The molecule has 0 heterocycles. The highest BCUT2D eigenvalue weighted by Gasteiger charge is 2.07. The van der Waals surface area contributed by atoms with Crippen LogP contribution in [0.3, 0.4) is 0 Å². The zero-order chi connectivity index (χ0) is 13.5. The molecule has 0 bridgehead atoms. The van der Waals surface area contributed by atoms with Gasteiger partial charge in [0, 0.05) is 18.0 Å². The first-order valence-corrected chi connectivity index (χ1v) is 6.71. The summed E-state index contributed by atoms with van der Waals surface area (Å²) < 4.78 is 0. The normalized spacial score (nSPS) is 12.2. The van der Waals surface area contributed by atoms with E-state index >= 15 is 0 Å². The van der Waals surface area contributed by atoms with Crippen molar-refractivity contribution in [3.63, 3.8) is 0 Å². The molecule has 0 saturated carbocycles. The van der Waals surface area contributed by atoms with Gasteiger partial charge in [-0.1, -0.05) is 6.92 Å². The van der Waals surface area contributed by atoms with Crippen LogP contribution in [0, 0.1) is 12.8 Å². The molecule has 0 spiro atoms. The van der Waals surface area contributed by atoms with E-state index in [4.69, 9.17) is 11.6 Å². The third-order valence-corrected chi connectivity index (χ3v) is 3.41. The molecule has 0 aliphatic carbocycles. The number of aromatic hydroxyl groups is 1. The molecule has 0 radical (unpaired) electrons. The number of alkyl halides is 1. The number of nitrogens with one attached hydrogen (secondary N) is 1. The predicted octanol–water partition coefficient (Wildman–Crippen LogP) is 3.09. The molecule has 100 valence electrons. The molecule has 3 nitrogen and oxygen atoms in total. The lowest BCUT2D eigenvalue weighted by Gasteiger charge is -2.09.